The summed E-state index contributed by atoms with van der Waals surface area (Å²) in [5.74, 6) is -3.07. The van der Waals surface area contributed by atoms with E-state index in [1.165, 1.54) is 18.2 Å². The number of carbonyl (C=O) groups is 2. The van der Waals surface area contributed by atoms with Gasteiger partial charge in [-0.15, -0.1) is 0 Å². The number of carboxylic acid groups (broad SMARTS) is 1. The van der Waals surface area contributed by atoms with Gasteiger partial charge in [-0.3, -0.25) is 4.79 Å². The maximum atomic E-state index is 12.3. The van der Waals surface area contributed by atoms with Crippen molar-refractivity contribution < 1.29 is 32.6 Å². The quantitative estimate of drug-likeness (QED) is 0.910. The first kappa shape index (κ1) is 15.6. The average Bonchev–Trinajstić information content (AvgIpc) is 2.45. The fraction of sp³-hybridized carbons (Fsp3) is 0.143. The van der Waals surface area contributed by atoms with E-state index < -0.39 is 24.7 Å². The van der Waals surface area contributed by atoms with Gasteiger partial charge in [0.05, 0.1) is 0 Å². The molecule has 0 atom stereocenters. The lowest BCUT2D eigenvalue weighted by Crippen LogP contribution is -2.30. The van der Waals surface area contributed by atoms with E-state index in [0.29, 0.717) is 10.8 Å². The first-order valence-corrected chi connectivity index (χ1v) is 6.03. The Hall–Kier alpha value is -2.77. The summed E-state index contributed by atoms with van der Waals surface area (Å²) in [4.78, 5) is 21.6. The number of rotatable bonds is 4. The SMILES string of the molecule is O=C(O)COc1ccc(NC(=O)C(F)(F)F)c2ccccc12. The van der Waals surface area contributed by atoms with Gasteiger partial charge in [0.1, 0.15) is 5.75 Å². The maximum Gasteiger partial charge on any atom is 0.471 e. The van der Waals surface area contributed by atoms with Gasteiger partial charge < -0.3 is 15.2 Å². The number of ether oxygens (including phenoxy) is 1. The molecule has 0 aliphatic heterocycles. The van der Waals surface area contributed by atoms with Crippen molar-refractivity contribution in [2.24, 2.45) is 0 Å². The van der Waals surface area contributed by atoms with Crippen LogP contribution in [0.15, 0.2) is 36.4 Å². The van der Waals surface area contributed by atoms with Gasteiger partial charge in [-0.25, -0.2) is 4.79 Å². The smallest absolute Gasteiger partial charge is 0.471 e. The molecule has 0 saturated heterocycles. The Labute approximate surface area is 122 Å². The lowest BCUT2D eigenvalue weighted by Gasteiger charge is -2.13. The zero-order chi connectivity index (χ0) is 16.3. The number of amides is 1. The number of halogens is 3. The highest BCUT2D eigenvalue weighted by molar-refractivity contribution is 6.05. The maximum absolute atomic E-state index is 12.3. The third kappa shape index (κ3) is 3.46. The van der Waals surface area contributed by atoms with Crippen LogP contribution in [0.5, 0.6) is 5.75 Å². The van der Waals surface area contributed by atoms with Gasteiger partial charge in [-0.2, -0.15) is 13.2 Å². The zero-order valence-electron chi connectivity index (χ0n) is 11.0. The van der Waals surface area contributed by atoms with Crippen molar-refractivity contribution in [3.05, 3.63) is 36.4 Å². The number of nitrogens with one attached hydrogen (secondary N) is 1. The van der Waals surface area contributed by atoms with Gasteiger partial charge in [0, 0.05) is 16.5 Å². The van der Waals surface area contributed by atoms with Gasteiger partial charge in [0.2, 0.25) is 0 Å². The second-order valence-electron chi connectivity index (χ2n) is 4.29. The van der Waals surface area contributed by atoms with Gasteiger partial charge in [-0.1, -0.05) is 24.3 Å². The van der Waals surface area contributed by atoms with E-state index in [1.807, 2.05) is 0 Å². The second kappa shape index (κ2) is 5.92. The second-order valence-corrected chi connectivity index (χ2v) is 4.29. The number of hydrogen-bond donors (Lipinski definition) is 2. The number of fused-ring (bicyclic) bond motifs is 1. The normalized spacial score (nSPS) is 11.2. The Balaban J connectivity index is 2.40. The Morgan fingerprint density at radius 1 is 1.09 bits per heavy atom. The molecule has 0 aliphatic rings. The van der Waals surface area contributed by atoms with Gasteiger partial charge in [-0.05, 0) is 12.1 Å². The van der Waals surface area contributed by atoms with E-state index in [0.717, 1.165) is 0 Å². The summed E-state index contributed by atoms with van der Waals surface area (Å²) >= 11 is 0. The molecule has 22 heavy (non-hydrogen) atoms. The van der Waals surface area contributed by atoms with Crippen LogP contribution >= 0.6 is 0 Å². The molecular weight excluding hydrogens is 303 g/mol. The van der Waals surface area contributed by atoms with Crippen molar-refractivity contribution in [3.8, 4) is 5.75 Å². The van der Waals surface area contributed by atoms with Crippen LogP contribution in [0, 0.1) is 0 Å². The fourth-order valence-corrected chi connectivity index (χ4v) is 1.84. The van der Waals surface area contributed by atoms with Crippen LogP contribution < -0.4 is 10.1 Å². The molecule has 116 valence electrons. The predicted octanol–water partition coefficient (Wildman–Crippen LogP) is 2.80. The van der Waals surface area contributed by atoms with Crippen molar-refractivity contribution in [2.45, 2.75) is 6.18 Å². The molecule has 0 unspecified atom stereocenters. The number of aliphatic carboxylic acids is 1. The Bertz CT molecular complexity index is 728. The molecule has 0 bridgehead atoms. The summed E-state index contributed by atoms with van der Waals surface area (Å²) in [7, 11) is 0. The molecule has 0 radical (unpaired) electrons. The Kier molecular flexibility index (Phi) is 4.20. The molecule has 0 spiro atoms. The van der Waals surface area contributed by atoms with Crippen molar-refractivity contribution in [1.82, 2.24) is 0 Å². The number of carbonyl (C=O) groups excluding carboxylic acids is 1. The summed E-state index contributed by atoms with van der Waals surface area (Å²) in [6, 6.07) is 8.77. The van der Waals surface area contributed by atoms with Gasteiger partial charge >= 0.3 is 18.1 Å². The van der Waals surface area contributed by atoms with Crippen LogP contribution in [0.3, 0.4) is 0 Å². The van der Waals surface area contributed by atoms with Crippen LogP contribution in [0.25, 0.3) is 10.8 Å². The average molecular weight is 313 g/mol. The van der Waals surface area contributed by atoms with Crippen LogP contribution in [0.2, 0.25) is 0 Å². The number of hydrogen-bond acceptors (Lipinski definition) is 3. The van der Waals surface area contributed by atoms with Crippen LogP contribution in [0.1, 0.15) is 0 Å². The van der Waals surface area contributed by atoms with Crippen molar-refractivity contribution in [3.63, 3.8) is 0 Å². The molecule has 2 aromatic rings. The highest BCUT2D eigenvalue weighted by Crippen LogP contribution is 2.32. The van der Waals surface area contributed by atoms with E-state index in [2.05, 4.69) is 0 Å². The van der Waals surface area contributed by atoms with E-state index in [4.69, 9.17) is 9.84 Å². The van der Waals surface area contributed by atoms with E-state index >= 15 is 0 Å². The minimum Gasteiger partial charge on any atom is -0.481 e. The molecule has 1 amide bonds. The lowest BCUT2D eigenvalue weighted by molar-refractivity contribution is -0.167. The highest BCUT2D eigenvalue weighted by atomic mass is 19.4. The number of carboxylic acids is 1. The summed E-state index contributed by atoms with van der Waals surface area (Å²) in [5.41, 5.74) is -0.0411. The molecule has 0 aliphatic carbocycles. The van der Waals surface area contributed by atoms with Gasteiger partial charge in [0.25, 0.3) is 0 Å². The number of anilines is 1. The molecule has 2 N–H and O–H groups in total. The minimum absolute atomic E-state index is 0.0411. The Morgan fingerprint density at radius 2 is 1.73 bits per heavy atom. The third-order valence-electron chi connectivity index (χ3n) is 2.74. The first-order valence-electron chi connectivity index (χ1n) is 6.03. The molecule has 0 fully saturated rings. The van der Waals surface area contributed by atoms with Crippen molar-refractivity contribution >= 4 is 28.3 Å². The molecule has 5 nitrogen and oxygen atoms in total. The van der Waals surface area contributed by atoms with Crippen LogP contribution in [-0.2, 0) is 9.59 Å². The predicted molar refractivity (Wildman–Crippen MR) is 71.8 cm³/mol. The molecule has 8 heteroatoms. The lowest BCUT2D eigenvalue weighted by atomic mass is 10.1. The van der Waals surface area contributed by atoms with Crippen molar-refractivity contribution in [1.29, 1.82) is 0 Å². The van der Waals surface area contributed by atoms with E-state index in [1.54, 1.807) is 23.5 Å². The van der Waals surface area contributed by atoms with E-state index in [-0.39, 0.29) is 11.4 Å². The first-order chi connectivity index (χ1) is 10.3. The standard InChI is InChI=1S/C14H10F3NO4/c15-14(16,17)13(21)18-10-5-6-11(22-7-12(19)20)9-4-2-1-3-8(9)10/h1-6H,7H2,(H,18,21)(H,19,20). The molecule has 2 aromatic carbocycles. The summed E-state index contributed by atoms with van der Waals surface area (Å²) < 4.78 is 42.0. The number of alkyl halides is 3. The highest BCUT2D eigenvalue weighted by Gasteiger charge is 2.38. The largest absolute Gasteiger partial charge is 0.481 e. The molecule has 0 heterocycles. The fourth-order valence-electron chi connectivity index (χ4n) is 1.84. The summed E-state index contributed by atoms with van der Waals surface area (Å²) in [5, 5.41) is 11.1. The Morgan fingerprint density at radius 3 is 2.32 bits per heavy atom. The van der Waals surface area contributed by atoms with Crippen LogP contribution in [-0.4, -0.2) is 29.8 Å². The van der Waals surface area contributed by atoms with Crippen LogP contribution in [0.4, 0.5) is 18.9 Å². The summed E-state index contributed by atoms with van der Waals surface area (Å²) in [6.45, 7) is -0.585. The zero-order valence-corrected chi connectivity index (χ0v) is 11.0. The minimum atomic E-state index is -5.00. The molecule has 0 aromatic heterocycles. The van der Waals surface area contributed by atoms with Crippen molar-refractivity contribution in [2.75, 3.05) is 11.9 Å². The topological polar surface area (TPSA) is 75.6 Å². The van der Waals surface area contributed by atoms with Gasteiger partial charge in [0.15, 0.2) is 6.61 Å². The third-order valence-corrected chi connectivity index (χ3v) is 2.74. The number of benzene rings is 2. The summed E-state index contributed by atoms with van der Waals surface area (Å²) in [6.07, 6.45) is -5.00. The van der Waals surface area contributed by atoms with E-state index in [9.17, 15) is 22.8 Å². The molecular formula is C14H10F3NO4. The molecule has 0 saturated carbocycles. The monoisotopic (exact) mass is 313 g/mol. The molecule has 2 rings (SSSR count).